The first-order valence-corrected chi connectivity index (χ1v) is 5.67. The molecule has 0 unspecified atom stereocenters. The van der Waals surface area contributed by atoms with Crippen molar-refractivity contribution in [3.63, 3.8) is 0 Å². The minimum absolute atomic E-state index is 0.0144. The molecule has 0 heterocycles. The van der Waals surface area contributed by atoms with Crippen LogP contribution in [0.4, 0.5) is 0 Å². The van der Waals surface area contributed by atoms with Gasteiger partial charge in [0.15, 0.2) is 5.78 Å². The molecule has 1 aromatic rings. The van der Waals surface area contributed by atoms with Crippen molar-refractivity contribution in [1.29, 1.82) is 0 Å². The number of fused-ring (bicyclic) bond motifs is 1. The van der Waals surface area contributed by atoms with E-state index in [9.17, 15) is 9.90 Å². The Bertz CT molecular complexity index is 539. The van der Waals surface area contributed by atoms with E-state index in [0.717, 1.165) is 16.7 Å². The molecule has 0 fully saturated rings. The zero-order valence-corrected chi connectivity index (χ0v) is 10.3. The van der Waals surface area contributed by atoms with Gasteiger partial charge in [0.2, 0.25) is 0 Å². The molecule has 2 N–H and O–H groups in total. The third kappa shape index (κ3) is 1.58. The summed E-state index contributed by atoms with van der Waals surface area (Å²) in [7, 11) is 0. The van der Waals surface area contributed by atoms with E-state index >= 15 is 0 Å². The van der Waals surface area contributed by atoms with Crippen LogP contribution in [0.15, 0.2) is 5.57 Å². The van der Waals surface area contributed by atoms with E-state index in [1.54, 1.807) is 13.0 Å². The van der Waals surface area contributed by atoms with E-state index in [1.807, 2.05) is 13.8 Å². The molecule has 1 aliphatic rings. The lowest BCUT2D eigenvalue weighted by atomic mass is 9.90. The third-order valence-electron chi connectivity index (χ3n) is 3.47. The van der Waals surface area contributed by atoms with Crippen molar-refractivity contribution >= 4 is 11.9 Å². The fraction of sp³-hybridized carbons (Fsp3) is 0.357. The molecule has 0 amide bonds. The van der Waals surface area contributed by atoms with Gasteiger partial charge in [0.1, 0.15) is 5.75 Å². The van der Waals surface area contributed by atoms with Crippen molar-refractivity contribution in [1.82, 2.24) is 0 Å². The quantitative estimate of drug-likeness (QED) is 0.821. The second-order valence-electron chi connectivity index (χ2n) is 4.50. The van der Waals surface area contributed by atoms with Gasteiger partial charge in [0.05, 0.1) is 0 Å². The molecule has 0 atom stereocenters. The summed E-state index contributed by atoms with van der Waals surface area (Å²) in [5.41, 5.74) is 4.38. The Kier molecular flexibility index (Phi) is 2.79. The number of allylic oxidation sites excluding steroid dienone is 1. The predicted octanol–water partition coefficient (Wildman–Crippen LogP) is 2.14. The highest BCUT2D eigenvalue weighted by molar-refractivity contribution is 6.19. The molecule has 0 bridgehead atoms. The minimum Gasteiger partial charge on any atom is -0.507 e. The topological polar surface area (TPSA) is 57.5 Å². The van der Waals surface area contributed by atoms with Gasteiger partial charge in [0, 0.05) is 17.7 Å². The molecular weight excluding hydrogens is 216 g/mol. The summed E-state index contributed by atoms with van der Waals surface area (Å²) >= 11 is 0. The van der Waals surface area contributed by atoms with Crippen molar-refractivity contribution in [3.05, 3.63) is 33.4 Å². The number of Topliss-reactive ketones (excluding diaryl/α,β-unsaturated/α-hetero) is 1. The Morgan fingerprint density at radius 3 is 2.41 bits per heavy atom. The Hall–Kier alpha value is -1.61. The number of aliphatic hydroxyl groups is 1. The first-order chi connectivity index (χ1) is 7.99. The van der Waals surface area contributed by atoms with Crippen LogP contribution in [0, 0.1) is 13.8 Å². The number of phenols is 1. The van der Waals surface area contributed by atoms with E-state index in [4.69, 9.17) is 5.11 Å². The smallest absolute Gasteiger partial charge is 0.189 e. The van der Waals surface area contributed by atoms with Crippen LogP contribution < -0.4 is 0 Å². The summed E-state index contributed by atoms with van der Waals surface area (Å²) in [4.78, 5) is 12.0. The molecule has 90 valence electrons. The lowest BCUT2D eigenvalue weighted by molar-refractivity contribution is 0.103. The van der Waals surface area contributed by atoms with Gasteiger partial charge in [-0.2, -0.15) is 0 Å². The number of benzene rings is 1. The van der Waals surface area contributed by atoms with E-state index in [1.165, 1.54) is 0 Å². The van der Waals surface area contributed by atoms with Gasteiger partial charge in [-0.25, -0.2) is 0 Å². The molecule has 0 aromatic heterocycles. The molecule has 17 heavy (non-hydrogen) atoms. The number of carbonyl (C=O) groups excluding carboxylic acids is 1. The number of hydrogen-bond donors (Lipinski definition) is 2. The lowest BCUT2D eigenvalue weighted by Gasteiger charge is -2.15. The highest BCUT2D eigenvalue weighted by Gasteiger charge is 2.27. The maximum absolute atomic E-state index is 12.0. The number of hydrogen-bond acceptors (Lipinski definition) is 3. The molecule has 0 spiro atoms. The fourth-order valence-electron chi connectivity index (χ4n) is 2.50. The highest BCUT2D eigenvalue weighted by Crippen LogP contribution is 2.39. The summed E-state index contributed by atoms with van der Waals surface area (Å²) in [6.45, 7) is 5.46. The summed E-state index contributed by atoms with van der Waals surface area (Å²) in [6, 6.07) is 0. The molecule has 3 heteroatoms. The van der Waals surface area contributed by atoms with Gasteiger partial charge in [-0.1, -0.05) is 0 Å². The number of ketones is 1. The number of rotatable bonds is 2. The molecule has 0 saturated carbocycles. The van der Waals surface area contributed by atoms with Crippen LogP contribution in [0.5, 0.6) is 5.75 Å². The summed E-state index contributed by atoms with van der Waals surface area (Å²) in [5.74, 6) is 0.145. The van der Waals surface area contributed by atoms with Crippen molar-refractivity contribution in [3.8, 4) is 5.75 Å². The average molecular weight is 232 g/mol. The van der Waals surface area contributed by atoms with Crippen LogP contribution in [-0.4, -0.2) is 22.6 Å². The second kappa shape index (κ2) is 4.00. The molecular formula is C14H16O3. The number of carbonyl (C=O) groups is 1. The van der Waals surface area contributed by atoms with E-state index in [0.29, 0.717) is 23.1 Å². The summed E-state index contributed by atoms with van der Waals surface area (Å²) in [6.07, 6.45) is 2.19. The molecule has 0 aliphatic heterocycles. The maximum atomic E-state index is 12.0. The van der Waals surface area contributed by atoms with Gasteiger partial charge < -0.3 is 10.2 Å². The number of aliphatic hydroxyl groups excluding tert-OH is 1. The average Bonchev–Trinajstić information content (AvgIpc) is 2.59. The Balaban J connectivity index is 2.75. The Morgan fingerprint density at radius 1 is 1.18 bits per heavy atom. The number of phenolic OH excluding ortho intramolecular Hbond substituents is 1. The molecule has 0 saturated heterocycles. The fourth-order valence-corrected chi connectivity index (χ4v) is 2.50. The molecule has 1 aromatic carbocycles. The normalized spacial score (nSPS) is 13.9. The van der Waals surface area contributed by atoms with Crippen LogP contribution in [0.3, 0.4) is 0 Å². The highest BCUT2D eigenvalue weighted by atomic mass is 16.3. The van der Waals surface area contributed by atoms with Crippen molar-refractivity contribution in [2.75, 3.05) is 6.61 Å². The van der Waals surface area contributed by atoms with Crippen molar-refractivity contribution in [2.45, 2.75) is 27.2 Å². The summed E-state index contributed by atoms with van der Waals surface area (Å²) < 4.78 is 0. The molecule has 0 radical (unpaired) electrons. The van der Waals surface area contributed by atoms with Crippen molar-refractivity contribution in [2.24, 2.45) is 0 Å². The first-order valence-electron chi connectivity index (χ1n) is 5.67. The van der Waals surface area contributed by atoms with Crippen LogP contribution in [0.25, 0.3) is 6.08 Å². The Morgan fingerprint density at radius 2 is 1.82 bits per heavy atom. The van der Waals surface area contributed by atoms with Gasteiger partial charge >= 0.3 is 0 Å². The zero-order valence-electron chi connectivity index (χ0n) is 10.3. The van der Waals surface area contributed by atoms with Crippen LogP contribution in [0.1, 0.15) is 39.5 Å². The zero-order chi connectivity index (χ0) is 12.7. The summed E-state index contributed by atoms with van der Waals surface area (Å²) in [5, 5.41) is 19.2. The van der Waals surface area contributed by atoms with Crippen LogP contribution in [-0.2, 0) is 6.42 Å². The molecule has 1 aliphatic carbocycles. The van der Waals surface area contributed by atoms with E-state index in [2.05, 4.69) is 0 Å². The molecule has 2 rings (SSSR count). The van der Waals surface area contributed by atoms with E-state index < -0.39 is 0 Å². The Labute approximate surface area is 100 Å². The van der Waals surface area contributed by atoms with Crippen LogP contribution >= 0.6 is 0 Å². The van der Waals surface area contributed by atoms with Gasteiger partial charge in [-0.05, 0) is 55.5 Å². The first kappa shape index (κ1) is 11.9. The minimum atomic E-state index is -0.0213. The van der Waals surface area contributed by atoms with Crippen LogP contribution in [0.2, 0.25) is 0 Å². The van der Waals surface area contributed by atoms with Gasteiger partial charge in [-0.15, -0.1) is 0 Å². The van der Waals surface area contributed by atoms with Gasteiger partial charge in [0.25, 0.3) is 0 Å². The van der Waals surface area contributed by atoms with Crippen molar-refractivity contribution < 1.29 is 15.0 Å². The standard InChI is InChI=1S/C14H16O3/c1-7-6-11-12(13(7)16)8(2)10(4-5-15)9(3)14(11)17/h6,15,17H,4-5H2,1-3H3. The molecule has 3 nitrogen and oxygen atoms in total. The largest absolute Gasteiger partial charge is 0.507 e. The monoisotopic (exact) mass is 232 g/mol. The maximum Gasteiger partial charge on any atom is 0.189 e. The third-order valence-corrected chi connectivity index (χ3v) is 3.47. The van der Waals surface area contributed by atoms with E-state index in [-0.39, 0.29) is 18.1 Å². The second-order valence-corrected chi connectivity index (χ2v) is 4.50. The number of aromatic hydroxyl groups is 1. The van der Waals surface area contributed by atoms with Gasteiger partial charge in [-0.3, -0.25) is 4.79 Å². The SMILES string of the molecule is CC1=Cc2c(O)c(C)c(CCO)c(C)c2C1=O. The lowest BCUT2D eigenvalue weighted by Crippen LogP contribution is -2.06. The predicted molar refractivity (Wildman–Crippen MR) is 66.4 cm³/mol.